The van der Waals surface area contributed by atoms with Gasteiger partial charge in [0.2, 0.25) is 5.88 Å². The number of ether oxygens (including phenoxy) is 1. The van der Waals surface area contributed by atoms with Crippen molar-refractivity contribution < 1.29 is 4.74 Å². The van der Waals surface area contributed by atoms with E-state index in [1.54, 1.807) is 23.9 Å². The molecule has 2 aromatic heterocycles. The summed E-state index contributed by atoms with van der Waals surface area (Å²) >= 11 is 0. The monoisotopic (exact) mass is 214 g/mol. The van der Waals surface area contributed by atoms with E-state index in [-0.39, 0.29) is 0 Å². The predicted molar refractivity (Wildman–Crippen MR) is 57.0 cm³/mol. The molecule has 2 aromatic rings. The Morgan fingerprint density at radius 1 is 1.44 bits per heavy atom. The summed E-state index contributed by atoms with van der Waals surface area (Å²) in [5.41, 5.74) is 1.26. The van der Waals surface area contributed by atoms with Gasteiger partial charge in [-0.1, -0.05) is 0 Å². The normalized spacial score (nSPS) is 9.81. The van der Waals surface area contributed by atoms with E-state index in [1.165, 1.54) is 6.20 Å². The lowest BCUT2D eigenvalue weighted by Gasteiger charge is -2.04. The highest BCUT2D eigenvalue weighted by Gasteiger charge is 2.04. The average Bonchev–Trinajstić information content (AvgIpc) is 2.59. The second-order valence-corrected chi connectivity index (χ2v) is 3.34. The summed E-state index contributed by atoms with van der Waals surface area (Å²) in [6, 6.07) is 7.09. The molecule has 0 aliphatic heterocycles. The first kappa shape index (κ1) is 10.2. The molecular formula is C11H10N4O. The van der Waals surface area contributed by atoms with Gasteiger partial charge in [0.25, 0.3) is 0 Å². The van der Waals surface area contributed by atoms with Crippen molar-refractivity contribution in [2.24, 2.45) is 7.05 Å². The average molecular weight is 214 g/mol. The molecule has 0 aliphatic carbocycles. The van der Waals surface area contributed by atoms with Crippen LogP contribution in [0, 0.1) is 18.3 Å². The maximum absolute atomic E-state index is 8.60. The molecule has 0 N–H and O–H groups in total. The lowest BCUT2D eigenvalue weighted by Crippen LogP contribution is -1.95. The van der Waals surface area contributed by atoms with Crippen molar-refractivity contribution in [1.82, 2.24) is 14.8 Å². The van der Waals surface area contributed by atoms with Crippen molar-refractivity contribution in [2.75, 3.05) is 0 Å². The highest BCUT2D eigenvalue weighted by Crippen LogP contribution is 2.20. The van der Waals surface area contributed by atoms with Gasteiger partial charge >= 0.3 is 0 Å². The number of hydrogen-bond acceptors (Lipinski definition) is 4. The summed E-state index contributed by atoms with van der Waals surface area (Å²) in [5, 5.41) is 12.8. The van der Waals surface area contributed by atoms with Gasteiger partial charge in [-0.2, -0.15) is 10.4 Å². The van der Waals surface area contributed by atoms with E-state index in [0.717, 1.165) is 5.69 Å². The third-order valence-electron chi connectivity index (χ3n) is 2.03. The maximum Gasteiger partial charge on any atom is 0.217 e. The standard InChI is InChI=1S/C11H10N4O/c1-8-5-11(15(2)14-8)16-10-4-3-9(6-12)13-7-10/h3-5,7H,1-2H3. The van der Waals surface area contributed by atoms with Crippen LogP contribution in [-0.4, -0.2) is 14.8 Å². The van der Waals surface area contributed by atoms with Crippen molar-refractivity contribution in [3.05, 3.63) is 35.8 Å². The van der Waals surface area contributed by atoms with Gasteiger partial charge in [-0.05, 0) is 19.1 Å². The molecule has 0 radical (unpaired) electrons. The maximum atomic E-state index is 8.60. The fraction of sp³-hybridized carbons (Fsp3) is 0.182. The van der Waals surface area contributed by atoms with Gasteiger partial charge in [0.1, 0.15) is 17.5 Å². The predicted octanol–water partition coefficient (Wildman–Crippen LogP) is 1.79. The van der Waals surface area contributed by atoms with E-state index >= 15 is 0 Å². The molecule has 0 bridgehead atoms. The fourth-order valence-electron chi connectivity index (χ4n) is 1.31. The van der Waals surface area contributed by atoms with E-state index in [4.69, 9.17) is 10.00 Å². The summed E-state index contributed by atoms with van der Waals surface area (Å²) in [6.07, 6.45) is 1.51. The van der Waals surface area contributed by atoms with Crippen LogP contribution in [0.3, 0.4) is 0 Å². The van der Waals surface area contributed by atoms with Crippen molar-refractivity contribution in [3.63, 3.8) is 0 Å². The minimum absolute atomic E-state index is 0.369. The van der Waals surface area contributed by atoms with Gasteiger partial charge in [0.05, 0.1) is 11.9 Å². The highest BCUT2D eigenvalue weighted by molar-refractivity contribution is 5.29. The van der Waals surface area contributed by atoms with Crippen molar-refractivity contribution in [1.29, 1.82) is 5.26 Å². The van der Waals surface area contributed by atoms with Gasteiger partial charge in [-0.15, -0.1) is 0 Å². The van der Waals surface area contributed by atoms with Gasteiger partial charge in [-0.3, -0.25) is 0 Å². The number of aromatic nitrogens is 3. The molecule has 2 heterocycles. The smallest absolute Gasteiger partial charge is 0.217 e. The Morgan fingerprint density at radius 2 is 2.25 bits per heavy atom. The van der Waals surface area contributed by atoms with Crippen molar-refractivity contribution in [3.8, 4) is 17.7 Å². The molecule has 2 rings (SSSR count). The molecule has 0 saturated heterocycles. The van der Waals surface area contributed by atoms with E-state index in [2.05, 4.69) is 10.1 Å². The molecule has 0 aliphatic rings. The molecule has 0 amide bonds. The first-order valence-electron chi connectivity index (χ1n) is 4.73. The van der Waals surface area contributed by atoms with Crippen LogP contribution in [0.2, 0.25) is 0 Å². The Kier molecular flexibility index (Phi) is 2.56. The van der Waals surface area contributed by atoms with Crippen LogP contribution < -0.4 is 4.74 Å². The van der Waals surface area contributed by atoms with E-state index in [1.807, 2.05) is 19.1 Å². The Hall–Kier alpha value is -2.35. The van der Waals surface area contributed by atoms with Gasteiger partial charge in [-0.25, -0.2) is 9.67 Å². The highest BCUT2D eigenvalue weighted by atomic mass is 16.5. The number of rotatable bonds is 2. The van der Waals surface area contributed by atoms with E-state index in [0.29, 0.717) is 17.3 Å². The molecule has 80 valence electrons. The second kappa shape index (κ2) is 4.03. The lowest BCUT2D eigenvalue weighted by atomic mass is 10.4. The molecule has 5 heteroatoms. The van der Waals surface area contributed by atoms with Crippen LogP contribution in [0.4, 0.5) is 0 Å². The molecule has 16 heavy (non-hydrogen) atoms. The van der Waals surface area contributed by atoms with Gasteiger partial charge in [0, 0.05) is 13.1 Å². The Morgan fingerprint density at radius 3 is 2.75 bits per heavy atom. The number of nitrogens with zero attached hydrogens (tertiary/aromatic N) is 4. The number of hydrogen-bond donors (Lipinski definition) is 0. The van der Waals surface area contributed by atoms with Crippen LogP contribution in [0.25, 0.3) is 0 Å². The zero-order chi connectivity index (χ0) is 11.5. The largest absolute Gasteiger partial charge is 0.438 e. The minimum Gasteiger partial charge on any atom is -0.438 e. The fourth-order valence-corrected chi connectivity index (χ4v) is 1.31. The van der Waals surface area contributed by atoms with Crippen LogP contribution in [-0.2, 0) is 7.05 Å². The second-order valence-electron chi connectivity index (χ2n) is 3.34. The zero-order valence-electron chi connectivity index (χ0n) is 9.01. The van der Waals surface area contributed by atoms with E-state index in [9.17, 15) is 0 Å². The first-order valence-corrected chi connectivity index (χ1v) is 4.73. The summed E-state index contributed by atoms with van der Waals surface area (Å²) in [6.45, 7) is 1.89. The first-order chi connectivity index (χ1) is 7.69. The van der Waals surface area contributed by atoms with Crippen LogP contribution in [0.15, 0.2) is 24.4 Å². The molecule has 0 aromatic carbocycles. The van der Waals surface area contributed by atoms with E-state index < -0.39 is 0 Å². The van der Waals surface area contributed by atoms with Gasteiger partial charge < -0.3 is 4.74 Å². The van der Waals surface area contributed by atoms with Crippen LogP contribution in [0.5, 0.6) is 11.6 Å². The topological polar surface area (TPSA) is 63.7 Å². The SMILES string of the molecule is Cc1cc(Oc2ccc(C#N)nc2)n(C)n1. The lowest BCUT2D eigenvalue weighted by molar-refractivity contribution is 0.429. The molecule has 0 saturated carbocycles. The number of aryl methyl sites for hydroxylation is 2. The Balaban J connectivity index is 2.21. The summed E-state index contributed by atoms with van der Waals surface area (Å²) in [4.78, 5) is 3.91. The zero-order valence-corrected chi connectivity index (χ0v) is 9.01. The Bertz CT molecular complexity index is 536. The number of pyridine rings is 1. The molecular weight excluding hydrogens is 204 g/mol. The Labute approximate surface area is 92.9 Å². The van der Waals surface area contributed by atoms with Crippen molar-refractivity contribution >= 4 is 0 Å². The van der Waals surface area contributed by atoms with Crippen LogP contribution in [0.1, 0.15) is 11.4 Å². The molecule has 5 nitrogen and oxygen atoms in total. The molecule has 0 fully saturated rings. The summed E-state index contributed by atoms with van der Waals surface area (Å²) in [7, 11) is 1.80. The van der Waals surface area contributed by atoms with Crippen molar-refractivity contribution in [2.45, 2.75) is 6.92 Å². The quantitative estimate of drug-likeness (QED) is 0.764. The summed E-state index contributed by atoms with van der Waals surface area (Å²) < 4.78 is 7.20. The number of nitriles is 1. The summed E-state index contributed by atoms with van der Waals surface area (Å²) in [5.74, 6) is 1.23. The molecule has 0 spiro atoms. The third kappa shape index (κ3) is 2.01. The molecule has 0 atom stereocenters. The van der Waals surface area contributed by atoms with Gasteiger partial charge in [0.15, 0.2) is 0 Å². The molecule has 0 unspecified atom stereocenters. The minimum atomic E-state index is 0.369. The third-order valence-corrected chi connectivity index (χ3v) is 2.03. The van der Waals surface area contributed by atoms with Crippen LogP contribution >= 0.6 is 0 Å².